The Bertz CT molecular complexity index is 634. The van der Waals surface area contributed by atoms with Gasteiger partial charge < -0.3 is 22.1 Å². The summed E-state index contributed by atoms with van der Waals surface area (Å²) >= 11 is 4.33. The zero-order valence-corrected chi connectivity index (χ0v) is 11.6. The van der Waals surface area contributed by atoms with E-state index >= 15 is 0 Å². The monoisotopic (exact) mass is 324 g/mol. The summed E-state index contributed by atoms with van der Waals surface area (Å²) in [5, 5.41) is 9.73. The number of hydrogen-bond donors (Lipinski definition) is 2. The van der Waals surface area contributed by atoms with Crippen molar-refractivity contribution in [1.29, 1.82) is 0 Å². The van der Waals surface area contributed by atoms with E-state index in [0.29, 0.717) is 6.20 Å². The van der Waals surface area contributed by atoms with Crippen LogP contribution in [0.3, 0.4) is 0 Å². The van der Waals surface area contributed by atoms with Crippen LogP contribution in [0.5, 0.6) is 0 Å². The van der Waals surface area contributed by atoms with Crippen LogP contribution in [0.25, 0.3) is 0 Å². The zero-order valence-electron chi connectivity index (χ0n) is 9.89. The Hall–Kier alpha value is -1.06. The fourth-order valence-corrected chi connectivity index (χ4v) is 2.30. The van der Waals surface area contributed by atoms with Crippen molar-refractivity contribution in [2.24, 2.45) is 0 Å². The summed E-state index contributed by atoms with van der Waals surface area (Å²) < 4.78 is 34.6. The first-order chi connectivity index (χ1) is 9.38. The highest BCUT2D eigenvalue weighted by Crippen LogP contribution is 2.29. The van der Waals surface area contributed by atoms with E-state index in [2.05, 4.69) is 16.8 Å². The molecule has 1 saturated heterocycles. The van der Waals surface area contributed by atoms with Crippen LogP contribution in [0.4, 0.5) is 4.39 Å². The number of rotatable bonds is 4. The van der Waals surface area contributed by atoms with E-state index < -0.39 is 42.7 Å². The van der Waals surface area contributed by atoms with Crippen LogP contribution >= 0.6 is 7.23 Å². The van der Waals surface area contributed by atoms with Crippen molar-refractivity contribution in [2.75, 3.05) is 6.61 Å². The number of aliphatic hydroxyl groups excluding tert-OH is 1. The average molecular weight is 324 g/mol. The predicted molar refractivity (Wildman–Crippen MR) is 66.7 cm³/mol. The van der Waals surface area contributed by atoms with Crippen molar-refractivity contribution in [3.8, 4) is 0 Å². The van der Waals surface area contributed by atoms with Crippen LogP contribution in [0.2, 0.25) is 0 Å². The fraction of sp³-hybridized carbons (Fsp3) is 0.556. The SMILES string of the molecule is O=c1[nH]c(=O)n([C@H]2C[C@H](O)[C@@H](CO[P+](=O)[S-])O2)cc1F. The van der Waals surface area contributed by atoms with Gasteiger partial charge in [-0.15, -0.1) is 0 Å². The molecule has 2 N–H and O–H groups in total. The molecule has 0 aliphatic carbocycles. The molecule has 2 heterocycles. The largest absolute Gasteiger partial charge is 0.408 e. The molecular formula is C9H10FN2O6PS. The number of aliphatic hydroxyl groups is 1. The summed E-state index contributed by atoms with van der Waals surface area (Å²) in [6.45, 7) is -0.211. The van der Waals surface area contributed by atoms with E-state index in [1.54, 1.807) is 4.98 Å². The smallest absolute Gasteiger partial charge is 0.372 e. The van der Waals surface area contributed by atoms with Crippen LogP contribution in [-0.2, 0) is 26.1 Å². The van der Waals surface area contributed by atoms with Gasteiger partial charge in [0.1, 0.15) is 18.9 Å². The molecule has 110 valence electrons. The van der Waals surface area contributed by atoms with Crippen molar-refractivity contribution in [3.63, 3.8) is 0 Å². The molecule has 20 heavy (non-hydrogen) atoms. The Morgan fingerprint density at radius 3 is 3.00 bits per heavy atom. The first-order valence-electron chi connectivity index (χ1n) is 5.50. The molecule has 0 aromatic carbocycles. The number of nitrogens with one attached hydrogen (secondary N) is 1. The summed E-state index contributed by atoms with van der Waals surface area (Å²) in [7, 11) is -2.25. The van der Waals surface area contributed by atoms with Gasteiger partial charge in [0.2, 0.25) is 5.82 Å². The first kappa shape index (κ1) is 15.3. The van der Waals surface area contributed by atoms with Gasteiger partial charge in [0.05, 0.1) is 12.3 Å². The van der Waals surface area contributed by atoms with Gasteiger partial charge in [-0.05, 0) is 0 Å². The van der Waals surface area contributed by atoms with Crippen molar-refractivity contribution < 1.29 is 23.3 Å². The Morgan fingerprint density at radius 2 is 2.35 bits per heavy atom. The molecule has 0 amide bonds. The third-order valence-corrected chi connectivity index (χ3v) is 3.46. The van der Waals surface area contributed by atoms with E-state index in [1.165, 1.54) is 0 Å². The average Bonchev–Trinajstić information content (AvgIpc) is 2.72. The minimum atomic E-state index is -2.25. The third kappa shape index (κ3) is 3.33. The summed E-state index contributed by atoms with van der Waals surface area (Å²) in [5.74, 6) is -1.14. The van der Waals surface area contributed by atoms with Crippen LogP contribution in [0, 0.1) is 5.82 Å². The summed E-state index contributed by atoms with van der Waals surface area (Å²) in [6.07, 6.45) is -2.10. The summed E-state index contributed by atoms with van der Waals surface area (Å²) in [6, 6.07) is 0. The number of nitrogens with zero attached hydrogens (tertiary/aromatic N) is 1. The van der Waals surface area contributed by atoms with Crippen molar-refractivity contribution >= 4 is 19.5 Å². The number of hydrogen-bond acceptors (Lipinski definition) is 7. The molecule has 1 aliphatic rings. The lowest BCUT2D eigenvalue weighted by Gasteiger charge is -2.14. The molecule has 4 atom stereocenters. The van der Waals surface area contributed by atoms with Crippen molar-refractivity contribution in [1.82, 2.24) is 9.55 Å². The molecule has 0 bridgehead atoms. The minimum absolute atomic E-state index is 0.00632. The molecule has 1 aromatic rings. The Balaban J connectivity index is 2.16. The van der Waals surface area contributed by atoms with Gasteiger partial charge in [0, 0.05) is 6.42 Å². The number of ether oxygens (including phenoxy) is 1. The van der Waals surface area contributed by atoms with Gasteiger partial charge in [0.15, 0.2) is 0 Å². The van der Waals surface area contributed by atoms with Gasteiger partial charge in [0.25, 0.3) is 5.56 Å². The van der Waals surface area contributed by atoms with Crippen LogP contribution < -0.4 is 11.2 Å². The lowest BCUT2D eigenvalue weighted by Crippen LogP contribution is -2.34. The highest BCUT2D eigenvalue weighted by atomic mass is 32.7. The topological polar surface area (TPSA) is 111 Å². The predicted octanol–water partition coefficient (Wildman–Crippen LogP) is -0.455. The van der Waals surface area contributed by atoms with E-state index in [1.807, 2.05) is 0 Å². The number of aromatic nitrogens is 2. The second-order valence-electron chi connectivity index (χ2n) is 4.10. The van der Waals surface area contributed by atoms with E-state index in [-0.39, 0.29) is 13.0 Å². The van der Waals surface area contributed by atoms with Gasteiger partial charge in [-0.3, -0.25) is 14.3 Å². The molecule has 1 unspecified atom stereocenters. The Morgan fingerprint density at radius 1 is 1.65 bits per heavy atom. The van der Waals surface area contributed by atoms with E-state index in [0.717, 1.165) is 4.57 Å². The molecule has 0 spiro atoms. The summed E-state index contributed by atoms with van der Waals surface area (Å²) in [5.41, 5.74) is -1.99. The van der Waals surface area contributed by atoms with Crippen LogP contribution in [-0.4, -0.2) is 33.5 Å². The van der Waals surface area contributed by atoms with Gasteiger partial charge in [-0.2, -0.15) is 8.91 Å². The lowest BCUT2D eigenvalue weighted by atomic mass is 10.2. The highest BCUT2D eigenvalue weighted by molar-refractivity contribution is 8.25. The maximum atomic E-state index is 13.2. The van der Waals surface area contributed by atoms with E-state index in [9.17, 15) is 23.7 Å². The number of H-pyrrole nitrogens is 1. The van der Waals surface area contributed by atoms with Crippen molar-refractivity contribution in [2.45, 2.75) is 24.9 Å². The van der Waals surface area contributed by atoms with Gasteiger partial charge in [-0.25, -0.2) is 4.79 Å². The Kier molecular flexibility index (Phi) is 4.71. The third-order valence-electron chi connectivity index (χ3n) is 2.78. The van der Waals surface area contributed by atoms with Crippen LogP contribution in [0.1, 0.15) is 12.6 Å². The maximum Gasteiger partial charge on any atom is 0.372 e. The number of halogens is 1. The summed E-state index contributed by atoms with van der Waals surface area (Å²) in [4.78, 5) is 24.2. The lowest BCUT2D eigenvalue weighted by molar-refractivity contribution is -0.0396. The quantitative estimate of drug-likeness (QED) is 0.570. The number of aromatic amines is 1. The molecular weight excluding hydrogens is 314 g/mol. The molecule has 11 heteroatoms. The maximum absolute atomic E-state index is 13.2. The zero-order chi connectivity index (χ0) is 14.9. The molecule has 8 nitrogen and oxygen atoms in total. The van der Waals surface area contributed by atoms with Gasteiger partial charge in [-0.1, -0.05) is 4.57 Å². The second kappa shape index (κ2) is 6.15. The first-order valence-corrected chi connectivity index (χ1v) is 7.69. The standard InChI is InChI=1S/C9H10FN2O6PS/c10-4-2-12(9(15)11-8(4)14)7-1-5(13)6(18-7)3-17-19(16)20/h2,5-7,13H,1,3H2,(H,11,14,15)/t5-,6+,7+/m0/s1. The Labute approximate surface area is 117 Å². The molecule has 2 rings (SSSR count). The molecule has 1 aromatic heterocycles. The normalized spacial score (nSPS) is 26.8. The second-order valence-corrected chi connectivity index (χ2v) is 5.70. The molecule has 1 aliphatic heterocycles. The molecule has 0 saturated carbocycles. The fourth-order valence-electron chi connectivity index (χ4n) is 1.84. The van der Waals surface area contributed by atoms with Gasteiger partial charge >= 0.3 is 12.9 Å². The van der Waals surface area contributed by atoms with Crippen LogP contribution in [0.15, 0.2) is 15.8 Å². The van der Waals surface area contributed by atoms with Crippen molar-refractivity contribution in [3.05, 3.63) is 32.9 Å². The minimum Gasteiger partial charge on any atom is -0.408 e. The van der Waals surface area contributed by atoms with E-state index in [4.69, 9.17) is 4.74 Å². The molecule has 0 radical (unpaired) electrons. The molecule has 1 fully saturated rings. The highest BCUT2D eigenvalue weighted by Gasteiger charge is 2.36.